The fourth-order valence-corrected chi connectivity index (χ4v) is 7.84. The lowest BCUT2D eigenvalue weighted by atomic mass is 9.98. The Hall–Kier alpha value is -2.90. The van der Waals surface area contributed by atoms with Gasteiger partial charge in [0, 0.05) is 5.25 Å². The number of rotatable bonds is 7. The Labute approximate surface area is 189 Å². The molecule has 0 aliphatic carbocycles. The smallest absolute Gasteiger partial charge is 0.335 e. The third-order valence-corrected chi connectivity index (χ3v) is 9.15. The van der Waals surface area contributed by atoms with Crippen molar-refractivity contribution in [1.29, 1.82) is 0 Å². The zero-order valence-corrected chi connectivity index (χ0v) is 18.7. The second kappa shape index (κ2) is 9.30. The van der Waals surface area contributed by atoms with Gasteiger partial charge in [-0.15, -0.1) is 0 Å². The minimum atomic E-state index is -0.965. The number of aryl methyl sites for hydroxylation is 1. The molecule has 7 heteroatoms. The first-order chi connectivity index (χ1) is 15.4. The molecular formula is C25H26FNO4S. The molecule has 2 atom stereocenters. The predicted octanol–water partition coefficient (Wildman–Crippen LogP) is 4.65. The molecule has 3 N–H and O–H groups in total. The molecule has 2 heterocycles. The number of nitrogens with two attached hydrogens (primary N) is 1. The summed E-state index contributed by atoms with van der Waals surface area (Å²) in [6.45, 7) is 3.13. The van der Waals surface area contributed by atoms with E-state index in [-0.39, 0.29) is 16.6 Å². The van der Waals surface area contributed by atoms with Crippen LogP contribution < -0.4 is 5.73 Å². The molecule has 2 aliphatic rings. The monoisotopic (exact) mass is 455 g/mol. The molecule has 0 radical (unpaired) electrons. The first-order valence-corrected chi connectivity index (χ1v) is 12.0. The Morgan fingerprint density at radius 1 is 1.19 bits per heavy atom. The summed E-state index contributed by atoms with van der Waals surface area (Å²) in [5, 5.41) is 9.26. The number of carboxylic acids is 1. The number of hydrogen-bond donors (Lipinski definition) is 3. The number of primary amides is 1. The van der Waals surface area contributed by atoms with E-state index in [4.69, 9.17) is 10.5 Å². The van der Waals surface area contributed by atoms with E-state index >= 15 is 0 Å². The van der Waals surface area contributed by atoms with Gasteiger partial charge in [-0.3, -0.25) is 4.79 Å². The van der Waals surface area contributed by atoms with Crippen LogP contribution in [0.2, 0.25) is 0 Å². The van der Waals surface area contributed by atoms with Crippen molar-refractivity contribution >= 4 is 22.8 Å². The third kappa shape index (κ3) is 4.36. The Balaban J connectivity index is 1.71. The first-order valence-electron chi connectivity index (χ1n) is 10.6. The van der Waals surface area contributed by atoms with Crippen LogP contribution in [0, 0.1) is 5.82 Å². The van der Waals surface area contributed by atoms with Gasteiger partial charge >= 0.3 is 5.97 Å². The van der Waals surface area contributed by atoms with Gasteiger partial charge in [0.1, 0.15) is 5.82 Å². The average molecular weight is 456 g/mol. The van der Waals surface area contributed by atoms with Crippen LogP contribution in [0.1, 0.15) is 46.5 Å². The topological polar surface area (TPSA) is 89.6 Å². The number of halogens is 1. The van der Waals surface area contributed by atoms with Crippen LogP contribution in [0.4, 0.5) is 4.39 Å². The highest BCUT2D eigenvalue weighted by Gasteiger charge is 2.37. The number of hydrogen-bond acceptors (Lipinski definition) is 3. The molecule has 0 saturated heterocycles. The summed E-state index contributed by atoms with van der Waals surface area (Å²) in [6.07, 6.45) is 1.87. The first kappa shape index (κ1) is 22.3. The van der Waals surface area contributed by atoms with Crippen LogP contribution in [0.25, 0.3) is 0 Å². The van der Waals surface area contributed by atoms with E-state index in [1.54, 1.807) is 18.2 Å². The van der Waals surface area contributed by atoms with Crippen molar-refractivity contribution in [2.45, 2.75) is 31.4 Å². The highest BCUT2D eigenvalue weighted by Crippen LogP contribution is 2.63. The third-order valence-electron chi connectivity index (χ3n) is 6.07. The SMILES string of the molecule is C[C@@H](c1ccc(C(=O)O)cc1)[SH]1C2=C(CCOC2)C(C(N)=O)=C1CCc1cccc(F)c1. The number of allylic oxidation sites excluding steroid dienone is 1. The summed E-state index contributed by atoms with van der Waals surface area (Å²) < 4.78 is 19.4. The maximum absolute atomic E-state index is 13.7. The van der Waals surface area contributed by atoms with Crippen molar-refractivity contribution in [1.82, 2.24) is 0 Å². The summed E-state index contributed by atoms with van der Waals surface area (Å²) in [4.78, 5) is 25.9. The van der Waals surface area contributed by atoms with Crippen LogP contribution in [0.3, 0.4) is 0 Å². The largest absolute Gasteiger partial charge is 0.478 e. The van der Waals surface area contributed by atoms with Crippen molar-refractivity contribution in [3.63, 3.8) is 0 Å². The zero-order chi connectivity index (χ0) is 22.8. The number of carboxylic acid groups (broad SMARTS) is 1. The quantitative estimate of drug-likeness (QED) is 0.531. The normalized spacial score (nSPS) is 20.2. The second-order valence-electron chi connectivity index (χ2n) is 8.02. The van der Waals surface area contributed by atoms with Gasteiger partial charge in [-0.1, -0.05) is 31.2 Å². The average Bonchev–Trinajstić information content (AvgIpc) is 3.11. The van der Waals surface area contributed by atoms with Gasteiger partial charge in [-0.2, -0.15) is 10.9 Å². The van der Waals surface area contributed by atoms with Crippen LogP contribution in [-0.2, 0) is 16.0 Å². The summed E-state index contributed by atoms with van der Waals surface area (Å²) in [5.74, 6) is -1.67. The fraction of sp³-hybridized carbons (Fsp3) is 0.280. The number of benzene rings is 2. The molecular weight excluding hydrogens is 429 g/mol. The lowest BCUT2D eigenvalue weighted by Gasteiger charge is -2.32. The number of carbonyl (C=O) groups excluding carboxylic acids is 1. The van der Waals surface area contributed by atoms with E-state index in [1.807, 2.05) is 18.2 Å². The Kier molecular flexibility index (Phi) is 6.48. The number of amides is 1. The highest BCUT2D eigenvalue weighted by atomic mass is 32.2. The summed E-state index contributed by atoms with van der Waals surface area (Å²) in [5.41, 5.74) is 9.61. The van der Waals surface area contributed by atoms with Gasteiger partial charge in [-0.25, -0.2) is 9.18 Å². The Morgan fingerprint density at radius 3 is 2.59 bits per heavy atom. The van der Waals surface area contributed by atoms with Gasteiger partial charge in [0.2, 0.25) is 5.91 Å². The molecule has 1 amide bonds. The minimum absolute atomic E-state index is 0.0545. The van der Waals surface area contributed by atoms with Crippen LogP contribution in [0.5, 0.6) is 0 Å². The molecule has 0 saturated carbocycles. The molecule has 0 spiro atoms. The molecule has 2 aliphatic heterocycles. The lowest BCUT2D eigenvalue weighted by Crippen LogP contribution is -2.18. The maximum Gasteiger partial charge on any atom is 0.335 e. The van der Waals surface area contributed by atoms with Crippen molar-refractivity contribution in [2.75, 3.05) is 13.2 Å². The predicted molar refractivity (Wildman–Crippen MR) is 124 cm³/mol. The number of carbonyl (C=O) groups is 2. The van der Waals surface area contributed by atoms with Crippen molar-refractivity contribution in [2.24, 2.45) is 5.73 Å². The molecule has 0 aromatic heterocycles. The van der Waals surface area contributed by atoms with Crippen molar-refractivity contribution < 1.29 is 23.8 Å². The fourth-order valence-electron chi connectivity index (χ4n) is 4.53. The van der Waals surface area contributed by atoms with Crippen molar-refractivity contribution in [3.05, 3.63) is 92.0 Å². The van der Waals surface area contributed by atoms with Crippen molar-refractivity contribution in [3.8, 4) is 0 Å². The van der Waals surface area contributed by atoms with Crippen LogP contribution in [-0.4, -0.2) is 30.2 Å². The standard InChI is InChI=1S/C25H26FNO4S/c1-15(17-6-8-18(9-7-17)25(29)30)32-21(10-5-16-3-2-4-19(26)13-16)23(24(27)28)20-11-12-31-14-22(20)32/h2-4,6-9,13,15,32H,5,10-12,14H2,1H3,(H2,27,28)(H,29,30)/t15-/m0/s1. The van der Waals surface area contributed by atoms with Gasteiger partial charge in [0.05, 0.1) is 24.4 Å². The van der Waals surface area contributed by atoms with E-state index in [2.05, 4.69) is 6.92 Å². The highest BCUT2D eigenvalue weighted by molar-refractivity contribution is 8.24. The lowest BCUT2D eigenvalue weighted by molar-refractivity contribution is -0.114. The van der Waals surface area contributed by atoms with E-state index in [0.29, 0.717) is 38.0 Å². The summed E-state index contributed by atoms with van der Waals surface area (Å²) in [7, 11) is -0.912. The Morgan fingerprint density at radius 2 is 1.94 bits per heavy atom. The zero-order valence-electron chi connectivity index (χ0n) is 17.8. The molecule has 5 nitrogen and oxygen atoms in total. The Bertz CT molecular complexity index is 1120. The molecule has 32 heavy (non-hydrogen) atoms. The van der Waals surface area contributed by atoms with Gasteiger partial charge < -0.3 is 15.6 Å². The number of aromatic carboxylic acids is 1. The van der Waals surface area contributed by atoms with Crippen LogP contribution in [0.15, 0.2) is 69.5 Å². The summed E-state index contributed by atoms with van der Waals surface area (Å²) in [6, 6.07) is 13.4. The molecule has 0 fully saturated rings. The number of ether oxygens (including phenoxy) is 1. The van der Waals surface area contributed by atoms with E-state index in [1.165, 1.54) is 12.1 Å². The molecule has 0 bridgehead atoms. The van der Waals surface area contributed by atoms with E-state index in [0.717, 1.165) is 26.5 Å². The summed E-state index contributed by atoms with van der Waals surface area (Å²) >= 11 is 0. The van der Waals surface area contributed by atoms with Gasteiger partial charge in [0.15, 0.2) is 0 Å². The molecule has 1 unspecified atom stereocenters. The molecule has 2 aromatic carbocycles. The van der Waals surface area contributed by atoms with E-state index in [9.17, 15) is 19.1 Å². The van der Waals surface area contributed by atoms with Gasteiger partial charge in [-0.05, 0) is 70.0 Å². The minimum Gasteiger partial charge on any atom is -0.478 e. The van der Waals surface area contributed by atoms with E-state index < -0.39 is 22.8 Å². The molecule has 4 rings (SSSR count). The molecule has 2 aromatic rings. The molecule has 168 valence electrons. The van der Waals surface area contributed by atoms with Gasteiger partial charge in [0.25, 0.3) is 0 Å². The maximum atomic E-state index is 13.7. The van der Waals surface area contributed by atoms with Crippen LogP contribution >= 0.6 is 10.9 Å². The second-order valence-corrected chi connectivity index (χ2v) is 10.6. The number of thiol groups is 1.